The molecule has 1 saturated carbocycles. The Kier molecular flexibility index (Phi) is 4.28. The number of pyridine rings is 1. The van der Waals surface area contributed by atoms with Crippen LogP contribution in [0.3, 0.4) is 0 Å². The third-order valence-corrected chi connectivity index (χ3v) is 4.56. The first kappa shape index (κ1) is 16.5. The van der Waals surface area contributed by atoms with Crippen LogP contribution in [0.15, 0.2) is 42.7 Å². The Balaban J connectivity index is 1.44. The van der Waals surface area contributed by atoms with Crippen LogP contribution < -0.4 is 10.2 Å². The molecule has 2 aromatic rings. The van der Waals surface area contributed by atoms with Crippen LogP contribution in [0.4, 0.5) is 14.9 Å². The van der Waals surface area contributed by atoms with Gasteiger partial charge >= 0.3 is 6.09 Å². The largest absolute Gasteiger partial charge is 0.442 e. The fourth-order valence-corrected chi connectivity index (χ4v) is 2.97. The van der Waals surface area contributed by atoms with Gasteiger partial charge in [0.15, 0.2) is 0 Å². The Hall–Kier alpha value is -2.96. The van der Waals surface area contributed by atoms with Gasteiger partial charge in [0.25, 0.3) is 0 Å². The third-order valence-electron chi connectivity index (χ3n) is 4.56. The van der Waals surface area contributed by atoms with Crippen molar-refractivity contribution in [1.82, 2.24) is 10.3 Å². The number of anilines is 1. The maximum absolute atomic E-state index is 14.5. The first-order valence-corrected chi connectivity index (χ1v) is 8.57. The number of aromatic nitrogens is 1. The molecule has 1 saturated heterocycles. The van der Waals surface area contributed by atoms with Crippen molar-refractivity contribution in [3.63, 3.8) is 0 Å². The molecule has 2 heterocycles. The van der Waals surface area contributed by atoms with Crippen molar-refractivity contribution in [3.8, 4) is 11.1 Å². The van der Waals surface area contributed by atoms with Crippen molar-refractivity contribution in [2.45, 2.75) is 18.9 Å². The molecule has 1 aromatic heterocycles. The average molecular weight is 355 g/mol. The Labute approximate surface area is 150 Å². The minimum atomic E-state index is -0.538. The Morgan fingerprint density at radius 3 is 2.88 bits per heavy atom. The molecular weight excluding hydrogens is 337 g/mol. The summed E-state index contributed by atoms with van der Waals surface area (Å²) in [4.78, 5) is 29.2. The number of carbonyl (C=O) groups excluding carboxylic acids is 2. The summed E-state index contributed by atoms with van der Waals surface area (Å²) in [5.41, 5.74) is 1.51. The molecule has 0 spiro atoms. The molecule has 6 nitrogen and oxygen atoms in total. The number of benzene rings is 1. The molecule has 4 rings (SSSR count). The number of hydrogen-bond acceptors (Lipinski definition) is 4. The normalized spacial score (nSPS) is 19.3. The van der Waals surface area contributed by atoms with E-state index >= 15 is 0 Å². The highest BCUT2D eigenvalue weighted by atomic mass is 19.1. The maximum Gasteiger partial charge on any atom is 0.414 e. The van der Waals surface area contributed by atoms with Gasteiger partial charge in [0, 0.05) is 29.4 Å². The van der Waals surface area contributed by atoms with E-state index in [0.717, 1.165) is 12.8 Å². The number of rotatable bonds is 5. The van der Waals surface area contributed by atoms with E-state index in [9.17, 15) is 14.0 Å². The first-order valence-electron chi connectivity index (χ1n) is 8.57. The zero-order valence-electron chi connectivity index (χ0n) is 14.0. The fourth-order valence-electron chi connectivity index (χ4n) is 2.97. The minimum Gasteiger partial charge on any atom is -0.442 e. The third kappa shape index (κ3) is 3.37. The van der Waals surface area contributed by atoms with Gasteiger partial charge in [-0.05, 0) is 37.1 Å². The van der Waals surface area contributed by atoms with E-state index in [2.05, 4.69) is 10.3 Å². The van der Waals surface area contributed by atoms with Crippen molar-refractivity contribution < 1.29 is 18.7 Å². The van der Waals surface area contributed by atoms with Crippen LogP contribution in [0, 0.1) is 11.7 Å². The lowest BCUT2D eigenvalue weighted by Gasteiger charge is -2.14. The Bertz CT molecular complexity index is 839. The first-order chi connectivity index (χ1) is 12.6. The van der Waals surface area contributed by atoms with Crippen molar-refractivity contribution in [2.75, 3.05) is 18.0 Å². The van der Waals surface area contributed by atoms with E-state index in [-0.39, 0.29) is 24.9 Å². The quantitative estimate of drug-likeness (QED) is 0.895. The monoisotopic (exact) mass is 355 g/mol. The molecule has 2 fully saturated rings. The van der Waals surface area contributed by atoms with Crippen LogP contribution >= 0.6 is 0 Å². The van der Waals surface area contributed by atoms with E-state index in [1.807, 2.05) is 0 Å². The van der Waals surface area contributed by atoms with Gasteiger partial charge in [-0.15, -0.1) is 0 Å². The molecule has 26 heavy (non-hydrogen) atoms. The number of hydrogen-bond donors (Lipinski definition) is 1. The maximum atomic E-state index is 14.5. The van der Waals surface area contributed by atoms with Gasteiger partial charge in [-0.2, -0.15) is 0 Å². The van der Waals surface area contributed by atoms with E-state index in [4.69, 9.17) is 4.74 Å². The highest BCUT2D eigenvalue weighted by Crippen LogP contribution is 2.30. The van der Waals surface area contributed by atoms with Crippen LogP contribution in [0.25, 0.3) is 11.1 Å². The van der Waals surface area contributed by atoms with Gasteiger partial charge in [-0.25, -0.2) is 9.18 Å². The number of halogens is 1. The lowest BCUT2D eigenvalue weighted by atomic mass is 10.1. The summed E-state index contributed by atoms with van der Waals surface area (Å²) in [5.74, 6) is -0.322. The highest BCUT2D eigenvalue weighted by Gasteiger charge is 2.35. The zero-order valence-corrected chi connectivity index (χ0v) is 14.0. The predicted molar refractivity (Wildman–Crippen MR) is 93.0 cm³/mol. The molecule has 0 radical (unpaired) electrons. The standard InChI is InChI=1S/C19H18FN3O3/c20-17-8-14(5-6-16(17)13-2-1-7-21-9-13)23-11-15(26-19(23)25)10-22-18(24)12-3-4-12/h1-2,5-9,12,15H,3-4,10-11H2,(H,22,24). The number of ether oxygens (including phenoxy) is 1. The smallest absolute Gasteiger partial charge is 0.414 e. The minimum absolute atomic E-state index is 0.00590. The van der Waals surface area contributed by atoms with Gasteiger partial charge in [-0.3, -0.25) is 14.7 Å². The molecule has 1 aliphatic heterocycles. The number of amides is 2. The lowest BCUT2D eigenvalue weighted by Crippen LogP contribution is -2.35. The molecule has 0 bridgehead atoms. The molecule has 7 heteroatoms. The van der Waals surface area contributed by atoms with Gasteiger partial charge in [0.05, 0.1) is 18.8 Å². The molecular formula is C19H18FN3O3. The average Bonchev–Trinajstić information content (AvgIpc) is 3.43. The van der Waals surface area contributed by atoms with Gasteiger partial charge in [-0.1, -0.05) is 6.07 Å². The summed E-state index contributed by atoms with van der Waals surface area (Å²) >= 11 is 0. The van der Waals surface area contributed by atoms with Crippen LogP contribution in [-0.2, 0) is 9.53 Å². The van der Waals surface area contributed by atoms with Crippen LogP contribution in [0.5, 0.6) is 0 Å². The number of nitrogens with zero attached hydrogens (tertiary/aromatic N) is 2. The summed E-state index contributed by atoms with van der Waals surface area (Å²) in [6, 6.07) is 8.12. The van der Waals surface area contributed by atoms with Crippen molar-refractivity contribution in [2.24, 2.45) is 5.92 Å². The zero-order chi connectivity index (χ0) is 18.1. The molecule has 1 aliphatic carbocycles. The predicted octanol–water partition coefficient (Wildman–Crippen LogP) is 2.74. The summed E-state index contributed by atoms with van der Waals surface area (Å²) in [5, 5.41) is 2.80. The van der Waals surface area contributed by atoms with Crippen molar-refractivity contribution in [3.05, 3.63) is 48.5 Å². The molecule has 1 unspecified atom stereocenters. The number of nitrogens with one attached hydrogen (secondary N) is 1. The van der Waals surface area contributed by atoms with Crippen molar-refractivity contribution >= 4 is 17.7 Å². The lowest BCUT2D eigenvalue weighted by molar-refractivity contribution is -0.122. The SMILES string of the molecule is O=C(NCC1CN(c2ccc(-c3cccnc3)c(F)c2)C(=O)O1)C1CC1. The van der Waals surface area contributed by atoms with Crippen LogP contribution in [0.1, 0.15) is 12.8 Å². The topological polar surface area (TPSA) is 71.5 Å². The number of carbonyl (C=O) groups is 2. The molecule has 134 valence electrons. The van der Waals surface area contributed by atoms with Gasteiger partial charge in [0.2, 0.25) is 5.91 Å². The summed E-state index contributed by atoms with van der Waals surface area (Å²) in [7, 11) is 0. The second kappa shape index (κ2) is 6.74. The summed E-state index contributed by atoms with van der Waals surface area (Å²) in [6.07, 6.45) is 4.07. The molecule has 1 atom stereocenters. The van der Waals surface area contributed by atoms with Gasteiger partial charge < -0.3 is 10.1 Å². The number of cyclic esters (lactones) is 1. The van der Waals surface area contributed by atoms with Gasteiger partial charge in [0.1, 0.15) is 11.9 Å². The van der Waals surface area contributed by atoms with E-state index in [1.54, 1.807) is 36.7 Å². The summed E-state index contributed by atoms with van der Waals surface area (Å²) in [6.45, 7) is 0.545. The highest BCUT2D eigenvalue weighted by molar-refractivity contribution is 5.90. The van der Waals surface area contributed by atoms with Crippen LogP contribution in [-0.4, -0.2) is 36.2 Å². The fraction of sp³-hybridized carbons (Fsp3) is 0.316. The Morgan fingerprint density at radius 2 is 2.19 bits per heavy atom. The molecule has 1 N–H and O–H groups in total. The van der Waals surface area contributed by atoms with E-state index in [1.165, 1.54) is 11.0 Å². The molecule has 2 amide bonds. The molecule has 1 aromatic carbocycles. The second-order valence-corrected chi connectivity index (χ2v) is 6.54. The van der Waals surface area contributed by atoms with Crippen LogP contribution in [0.2, 0.25) is 0 Å². The molecule has 2 aliphatic rings. The van der Waals surface area contributed by atoms with Crippen molar-refractivity contribution in [1.29, 1.82) is 0 Å². The van der Waals surface area contributed by atoms with E-state index in [0.29, 0.717) is 16.8 Å². The Morgan fingerprint density at radius 1 is 1.35 bits per heavy atom. The van der Waals surface area contributed by atoms with E-state index < -0.39 is 18.0 Å². The second-order valence-electron chi connectivity index (χ2n) is 6.54. The summed E-state index contributed by atoms with van der Waals surface area (Å²) < 4.78 is 19.8.